The number of hydrogen-bond acceptors (Lipinski definition) is 5. The molecule has 138 valence electrons. The number of benzene rings is 1. The molecule has 1 heterocycles. The molecule has 9 heteroatoms. The number of rotatable bonds is 6. The van der Waals surface area contributed by atoms with Crippen molar-refractivity contribution in [3.63, 3.8) is 0 Å². The Labute approximate surface area is 152 Å². The van der Waals surface area contributed by atoms with Crippen LogP contribution in [-0.2, 0) is 14.3 Å². The molecule has 0 bridgehead atoms. The highest BCUT2D eigenvalue weighted by atomic mass is 32.1. The van der Waals surface area contributed by atoms with Crippen LogP contribution >= 0.6 is 11.3 Å². The Morgan fingerprint density at radius 1 is 1.08 bits per heavy atom. The van der Waals surface area contributed by atoms with E-state index in [-0.39, 0.29) is 5.69 Å². The molecule has 0 aliphatic carbocycles. The van der Waals surface area contributed by atoms with Crippen molar-refractivity contribution in [2.24, 2.45) is 0 Å². The number of hydrogen-bond donors (Lipinski definition) is 2. The van der Waals surface area contributed by atoms with Gasteiger partial charge in [0.1, 0.15) is 0 Å². The third-order valence-electron chi connectivity index (χ3n) is 3.24. The van der Waals surface area contributed by atoms with Crippen LogP contribution in [0, 0.1) is 25.5 Å². The Morgan fingerprint density at radius 2 is 1.81 bits per heavy atom. The summed E-state index contributed by atoms with van der Waals surface area (Å²) in [6, 6.07) is 4.56. The van der Waals surface area contributed by atoms with Crippen LogP contribution in [-0.4, -0.2) is 30.9 Å². The molecular weight excluding hydrogens is 366 g/mol. The molecule has 2 rings (SSSR count). The molecule has 0 radical (unpaired) electrons. The van der Waals surface area contributed by atoms with Crippen LogP contribution in [0.5, 0.6) is 0 Å². The van der Waals surface area contributed by atoms with Crippen molar-refractivity contribution in [3.8, 4) is 0 Å². The second kappa shape index (κ2) is 8.52. The van der Waals surface area contributed by atoms with Gasteiger partial charge >= 0.3 is 5.97 Å². The molecule has 0 fully saturated rings. The average molecular weight is 382 g/mol. The summed E-state index contributed by atoms with van der Waals surface area (Å²) < 4.78 is 30.7. The number of ether oxygens (including phenoxy) is 1. The lowest BCUT2D eigenvalue weighted by atomic mass is 10.2. The summed E-state index contributed by atoms with van der Waals surface area (Å²) in [5, 5.41) is 4.56. The van der Waals surface area contributed by atoms with Gasteiger partial charge in [-0.15, -0.1) is 11.3 Å². The Bertz CT molecular complexity index is 851. The van der Waals surface area contributed by atoms with E-state index in [1.165, 1.54) is 17.4 Å². The SMILES string of the molecule is Cc1cc(C(=O)OCC(=O)NCC(=O)Nc2ccc(F)c(F)c2)c(C)s1. The van der Waals surface area contributed by atoms with Crippen LogP contribution in [0.3, 0.4) is 0 Å². The number of carbonyl (C=O) groups excluding carboxylic acids is 3. The number of nitrogens with one attached hydrogen (secondary N) is 2. The first-order valence-electron chi connectivity index (χ1n) is 7.52. The highest BCUT2D eigenvalue weighted by molar-refractivity contribution is 7.12. The molecule has 2 amide bonds. The van der Waals surface area contributed by atoms with Crippen molar-refractivity contribution in [1.82, 2.24) is 5.32 Å². The van der Waals surface area contributed by atoms with Gasteiger partial charge in [0.2, 0.25) is 5.91 Å². The Balaban J connectivity index is 1.75. The molecule has 0 spiro atoms. The van der Waals surface area contributed by atoms with Gasteiger partial charge in [0.25, 0.3) is 5.91 Å². The molecule has 0 aliphatic heterocycles. The number of carbonyl (C=O) groups is 3. The summed E-state index contributed by atoms with van der Waals surface area (Å²) in [6.07, 6.45) is 0. The second-order valence-electron chi connectivity index (χ2n) is 5.36. The first-order chi connectivity index (χ1) is 12.3. The number of thiophene rings is 1. The first kappa shape index (κ1) is 19.5. The molecule has 1 aromatic heterocycles. The minimum atomic E-state index is -1.10. The Kier molecular flexibility index (Phi) is 6.40. The molecule has 1 aromatic carbocycles. The molecule has 2 N–H and O–H groups in total. The van der Waals surface area contributed by atoms with Gasteiger partial charge in [-0.2, -0.15) is 0 Å². The fourth-order valence-corrected chi connectivity index (χ4v) is 2.96. The molecule has 0 saturated heterocycles. The molecule has 6 nitrogen and oxygen atoms in total. The lowest BCUT2D eigenvalue weighted by molar-refractivity contribution is -0.126. The fraction of sp³-hybridized carbons (Fsp3) is 0.235. The summed E-state index contributed by atoms with van der Waals surface area (Å²) in [6.45, 7) is 2.68. The minimum Gasteiger partial charge on any atom is -0.452 e. The Morgan fingerprint density at radius 3 is 2.42 bits per heavy atom. The number of aryl methyl sites for hydroxylation is 2. The predicted molar refractivity (Wildman–Crippen MR) is 92.1 cm³/mol. The van der Waals surface area contributed by atoms with Gasteiger partial charge in [0.15, 0.2) is 18.2 Å². The van der Waals surface area contributed by atoms with Crippen LogP contribution < -0.4 is 10.6 Å². The van der Waals surface area contributed by atoms with Crippen LogP contribution in [0.25, 0.3) is 0 Å². The zero-order chi connectivity index (χ0) is 19.3. The normalized spacial score (nSPS) is 10.3. The minimum absolute atomic E-state index is 0.0536. The third kappa shape index (κ3) is 5.35. The highest BCUT2D eigenvalue weighted by Crippen LogP contribution is 2.21. The van der Waals surface area contributed by atoms with E-state index in [1.54, 1.807) is 13.0 Å². The van der Waals surface area contributed by atoms with E-state index in [4.69, 9.17) is 4.74 Å². The maximum absolute atomic E-state index is 13.0. The lowest BCUT2D eigenvalue weighted by Gasteiger charge is -2.08. The van der Waals surface area contributed by atoms with Crippen LogP contribution in [0.2, 0.25) is 0 Å². The number of esters is 1. The maximum atomic E-state index is 13.0. The van der Waals surface area contributed by atoms with Gasteiger partial charge in [0.05, 0.1) is 12.1 Å². The second-order valence-corrected chi connectivity index (χ2v) is 6.82. The van der Waals surface area contributed by atoms with Gasteiger partial charge in [-0.25, -0.2) is 13.6 Å². The zero-order valence-electron chi connectivity index (χ0n) is 14.0. The van der Waals surface area contributed by atoms with E-state index >= 15 is 0 Å². The molecule has 0 atom stereocenters. The summed E-state index contributed by atoms with van der Waals surface area (Å²) in [4.78, 5) is 36.9. The monoisotopic (exact) mass is 382 g/mol. The summed E-state index contributed by atoms with van der Waals surface area (Å²) in [5.41, 5.74) is 0.453. The van der Waals surface area contributed by atoms with Gasteiger partial charge in [-0.1, -0.05) is 0 Å². The number of amides is 2. The van der Waals surface area contributed by atoms with Crippen molar-refractivity contribution < 1.29 is 27.9 Å². The zero-order valence-corrected chi connectivity index (χ0v) is 14.8. The summed E-state index contributed by atoms with van der Waals surface area (Å²) in [7, 11) is 0. The molecule has 2 aromatic rings. The van der Waals surface area contributed by atoms with Gasteiger partial charge < -0.3 is 15.4 Å². The van der Waals surface area contributed by atoms with E-state index in [0.717, 1.165) is 21.9 Å². The Hall–Kier alpha value is -2.81. The molecule has 26 heavy (non-hydrogen) atoms. The third-order valence-corrected chi connectivity index (χ3v) is 4.21. The summed E-state index contributed by atoms with van der Waals surface area (Å²) in [5.74, 6) is -4.05. The van der Waals surface area contributed by atoms with Crippen molar-refractivity contribution in [3.05, 3.63) is 51.2 Å². The average Bonchev–Trinajstić information content (AvgIpc) is 2.92. The largest absolute Gasteiger partial charge is 0.452 e. The number of anilines is 1. The topological polar surface area (TPSA) is 84.5 Å². The smallest absolute Gasteiger partial charge is 0.339 e. The van der Waals surface area contributed by atoms with E-state index in [0.29, 0.717) is 5.56 Å². The van der Waals surface area contributed by atoms with Crippen molar-refractivity contribution >= 4 is 34.8 Å². The quantitative estimate of drug-likeness (QED) is 0.752. The summed E-state index contributed by atoms with van der Waals surface area (Å²) >= 11 is 1.44. The van der Waals surface area contributed by atoms with Gasteiger partial charge in [0, 0.05) is 21.5 Å². The van der Waals surface area contributed by atoms with Gasteiger partial charge in [-0.05, 0) is 32.0 Å². The van der Waals surface area contributed by atoms with Crippen LogP contribution in [0.15, 0.2) is 24.3 Å². The fourth-order valence-electron chi connectivity index (χ4n) is 2.05. The van der Waals surface area contributed by atoms with Crippen molar-refractivity contribution in [1.29, 1.82) is 0 Å². The van der Waals surface area contributed by atoms with Crippen LogP contribution in [0.1, 0.15) is 20.1 Å². The van der Waals surface area contributed by atoms with E-state index in [9.17, 15) is 23.2 Å². The standard InChI is InChI=1S/C17H16F2N2O4S/c1-9-5-12(10(2)26-9)17(24)25-8-16(23)20-7-15(22)21-11-3-4-13(18)14(19)6-11/h3-6H,7-8H2,1-2H3,(H,20,23)(H,21,22). The van der Waals surface area contributed by atoms with Crippen molar-refractivity contribution in [2.45, 2.75) is 13.8 Å². The highest BCUT2D eigenvalue weighted by Gasteiger charge is 2.15. The lowest BCUT2D eigenvalue weighted by Crippen LogP contribution is -2.35. The molecule has 0 unspecified atom stereocenters. The molecular formula is C17H16F2N2O4S. The number of halogens is 2. The molecule has 0 aliphatic rings. The maximum Gasteiger partial charge on any atom is 0.339 e. The first-order valence-corrected chi connectivity index (χ1v) is 8.33. The predicted octanol–water partition coefficient (Wildman–Crippen LogP) is 2.55. The van der Waals surface area contributed by atoms with Crippen LogP contribution in [0.4, 0.5) is 14.5 Å². The van der Waals surface area contributed by atoms with E-state index < -0.39 is 42.6 Å². The van der Waals surface area contributed by atoms with Crippen molar-refractivity contribution in [2.75, 3.05) is 18.5 Å². The van der Waals surface area contributed by atoms with E-state index in [2.05, 4.69) is 10.6 Å². The van der Waals surface area contributed by atoms with E-state index in [1.807, 2.05) is 6.92 Å². The van der Waals surface area contributed by atoms with Gasteiger partial charge in [-0.3, -0.25) is 9.59 Å². The molecule has 0 saturated carbocycles.